The average Bonchev–Trinajstić information content (AvgIpc) is 2.90. The van der Waals surface area contributed by atoms with Crippen molar-refractivity contribution in [3.8, 4) is 17.0 Å². The molecule has 22 heavy (non-hydrogen) atoms. The van der Waals surface area contributed by atoms with Gasteiger partial charge in [0.1, 0.15) is 5.75 Å². The van der Waals surface area contributed by atoms with Crippen molar-refractivity contribution in [2.75, 3.05) is 31.6 Å². The monoisotopic (exact) mass is 315 g/mol. The molecule has 0 bridgehead atoms. The summed E-state index contributed by atoms with van der Waals surface area (Å²) in [5.74, 6) is 1.72. The number of nitrogens with one attached hydrogen (secondary N) is 2. The van der Waals surface area contributed by atoms with E-state index < -0.39 is 0 Å². The van der Waals surface area contributed by atoms with Gasteiger partial charge in [0.15, 0.2) is 5.13 Å². The van der Waals surface area contributed by atoms with E-state index >= 15 is 0 Å². The smallest absolute Gasteiger partial charge is 0.183 e. The molecule has 4 rings (SSSR count). The second-order valence-electron chi connectivity index (χ2n) is 5.96. The SMILES string of the molecule is c1ccc2c(c1)OCCc1sc(NCC3CCNCC3)nc1-2. The fraction of sp³-hybridized carbons (Fsp3) is 0.471. The lowest BCUT2D eigenvalue weighted by Crippen LogP contribution is -2.31. The van der Waals surface area contributed by atoms with Crippen LogP contribution < -0.4 is 15.4 Å². The summed E-state index contributed by atoms with van der Waals surface area (Å²) in [6.07, 6.45) is 3.46. The fourth-order valence-corrected chi connectivity index (χ4v) is 4.13. The zero-order valence-corrected chi connectivity index (χ0v) is 13.4. The van der Waals surface area contributed by atoms with E-state index in [1.54, 1.807) is 11.3 Å². The first-order chi connectivity index (χ1) is 10.9. The van der Waals surface area contributed by atoms with Gasteiger partial charge in [0.25, 0.3) is 0 Å². The van der Waals surface area contributed by atoms with Crippen molar-refractivity contribution in [2.24, 2.45) is 5.92 Å². The highest BCUT2D eigenvalue weighted by Gasteiger charge is 2.20. The van der Waals surface area contributed by atoms with E-state index in [0.717, 1.165) is 60.7 Å². The number of fused-ring (bicyclic) bond motifs is 3. The van der Waals surface area contributed by atoms with Gasteiger partial charge in [0, 0.05) is 23.4 Å². The van der Waals surface area contributed by atoms with Crippen molar-refractivity contribution in [1.29, 1.82) is 0 Å². The molecule has 0 amide bonds. The second-order valence-corrected chi connectivity index (χ2v) is 7.04. The molecule has 0 atom stereocenters. The Kier molecular flexibility index (Phi) is 3.99. The molecule has 1 aromatic heterocycles. The molecular formula is C17H21N3OS. The predicted molar refractivity (Wildman–Crippen MR) is 90.8 cm³/mol. The largest absolute Gasteiger partial charge is 0.493 e. The van der Waals surface area contributed by atoms with Gasteiger partial charge in [-0.1, -0.05) is 12.1 Å². The number of aromatic nitrogens is 1. The van der Waals surface area contributed by atoms with E-state index in [9.17, 15) is 0 Å². The molecule has 1 aromatic carbocycles. The van der Waals surface area contributed by atoms with Gasteiger partial charge >= 0.3 is 0 Å². The summed E-state index contributed by atoms with van der Waals surface area (Å²) < 4.78 is 5.82. The molecule has 1 fully saturated rings. The maximum atomic E-state index is 5.82. The quantitative estimate of drug-likeness (QED) is 0.913. The van der Waals surface area contributed by atoms with E-state index in [-0.39, 0.29) is 0 Å². The van der Waals surface area contributed by atoms with Crippen LogP contribution in [0.5, 0.6) is 5.75 Å². The number of nitrogens with zero attached hydrogens (tertiary/aromatic N) is 1. The summed E-state index contributed by atoms with van der Waals surface area (Å²) in [5, 5.41) is 8.03. The minimum absolute atomic E-state index is 0.736. The second kappa shape index (κ2) is 6.26. The van der Waals surface area contributed by atoms with E-state index in [2.05, 4.69) is 22.8 Å². The molecule has 0 spiro atoms. The highest BCUT2D eigenvalue weighted by Crippen LogP contribution is 2.38. The molecule has 2 aliphatic rings. The summed E-state index contributed by atoms with van der Waals surface area (Å²) >= 11 is 1.78. The number of anilines is 1. The fourth-order valence-electron chi connectivity index (χ4n) is 3.17. The lowest BCUT2D eigenvalue weighted by Gasteiger charge is -2.22. The van der Waals surface area contributed by atoms with Crippen molar-refractivity contribution in [3.63, 3.8) is 0 Å². The van der Waals surface area contributed by atoms with Crippen molar-refractivity contribution in [1.82, 2.24) is 10.3 Å². The van der Waals surface area contributed by atoms with Gasteiger partial charge in [0.2, 0.25) is 0 Å². The highest BCUT2D eigenvalue weighted by atomic mass is 32.1. The van der Waals surface area contributed by atoms with E-state index in [1.807, 2.05) is 12.1 Å². The number of hydrogen-bond acceptors (Lipinski definition) is 5. The van der Waals surface area contributed by atoms with E-state index in [1.165, 1.54) is 17.7 Å². The van der Waals surface area contributed by atoms with Gasteiger partial charge < -0.3 is 15.4 Å². The first kappa shape index (κ1) is 14.0. The summed E-state index contributed by atoms with van der Waals surface area (Å²) in [6, 6.07) is 8.22. The zero-order valence-electron chi connectivity index (χ0n) is 12.6. The van der Waals surface area contributed by atoms with Crippen molar-refractivity contribution in [2.45, 2.75) is 19.3 Å². The summed E-state index contributed by atoms with van der Waals surface area (Å²) in [5.41, 5.74) is 2.23. The minimum Gasteiger partial charge on any atom is -0.493 e. The number of rotatable bonds is 3. The third kappa shape index (κ3) is 2.83. The normalized spacial score (nSPS) is 18.0. The van der Waals surface area contributed by atoms with Crippen LogP contribution in [0.2, 0.25) is 0 Å². The molecule has 4 nitrogen and oxygen atoms in total. The molecule has 3 heterocycles. The van der Waals surface area contributed by atoms with Crippen LogP contribution in [-0.2, 0) is 6.42 Å². The number of thiazole rings is 1. The summed E-state index contributed by atoms with van der Waals surface area (Å²) in [7, 11) is 0. The third-order valence-electron chi connectivity index (χ3n) is 4.43. The molecule has 2 N–H and O–H groups in total. The number of ether oxygens (including phenoxy) is 1. The van der Waals surface area contributed by atoms with Crippen LogP contribution in [0.4, 0.5) is 5.13 Å². The number of hydrogen-bond donors (Lipinski definition) is 2. The maximum absolute atomic E-state index is 5.82. The van der Waals surface area contributed by atoms with Gasteiger partial charge in [0.05, 0.1) is 12.3 Å². The lowest BCUT2D eigenvalue weighted by molar-refractivity contribution is 0.327. The van der Waals surface area contributed by atoms with Crippen LogP contribution in [-0.4, -0.2) is 31.2 Å². The summed E-state index contributed by atoms with van der Waals surface area (Å²) in [6.45, 7) is 4.06. The van der Waals surface area contributed by atoms with Crippen LogP contribution in [0.3, 0.4) is 0 Å². The van der Waals surface area contributed by atoms with Crippen LogP contribution in [0.1, 0.15) is 17.7 Å². The maximum Gasteiger partial charge on any atom is 0.183 e. The molecule has 5 heteroatoms. The van der Waals surface area contributed by atoms with Gasteiger partial charge in [-0.3, -0.25) is 0 Å². The Hall–Kier alpha value is -1.59. The van der Waals surface area contributed by atoms with E-state index in [4.69, 9.17) is 9.72 Å². The van der Waals surface area contributed by atoms with Gasteiger partial charge in [-0.2, -0.15) is 0 Å². The molecule has 0 radical (unpaired) electrons. The zero-order chi connectivity index (χ0) is 14.8. The summed E-state index contributed by atoms with van der Waals surface area (Å²) in [4.78, 5) is 6.18. The topological polar surface area (TPSA) is 46.2 Å². The minimum atomic E-state index is 0.736. The molecule has 1 saturated heterocycles. The Labute approximate surface area is 134 Å². The van der Waals surface area contributed by atoms with Gasteiger partial charge in [-0.05, 0) is 44.0 Å². The van der Waals surface area contributed by atoms with Crippen LogP contribution >= 0.6 is 11.3 Å². The first-order valence-corrected chi connectivity index (χ1v) is 8.88. The Morgan fingerprint density at radius 2 is 2.14 bits per heavy atom. The molecule has 0 saturated carbocycles. The van der Waals surface area contributed by atoms with E-state index in [0.29, 0.717) is 0 Å². The number of benzene rings is 1. The molecule has 2 aliphatic heterocycles. The Bertz CT molecular complexity index is 649. The molecule has 0 aliphatic carbocycles. The Morgan fingerprint density at radius 3 is 3.05 bits per heavy atom. The van der Waals surface area contributed by atoms with Crippen molar-refractivity contribution >= 4 is 16.5 Å². The Morgan fingerprint density at radius 1 is 1.27 bits per heavy atom. The lowest BCUT2D eigenvalue weighted by atomic mass is 9.98. The molecule has 116 valence electrons. The molecule has 2 aromatic rings. The van der Waals surface area contributed by atoms with Crippen LogP contribution in [0, 0.1) is 5.92 Å². The van der Waals surface area contributed by atoms with Crippen LogP contribution in [0.15, 0.2) is 24.3 Å². The average molecular weight is 315 g/mol. The van der Waals surface area contributed by atoms with Crippen molar-refractivity contribution in [3.05, 3.63) is 29.1 Å². The Balaban J connectivity index is 1.53. The first-order valence-electron chi connectivity index (χ1n) is 8.06. The predicted octanol–water partition coefficient (Wildman–Crippen LogP) is 3.16. The molecule has 0 unspecified atom stereocenters. The number of piperidine rings is 1. The van der Waals surface area contributed by atoms with Crippen LogP contribution in [0.25, 0.3) is 11.3 Å². The standard InChI is InChI=1S/C17H21N3OS/c1-2-4-14-13(3-1)16-15(7-10-21-14)22-17(20-16)19-11-12-5-8-18-9-6-12/h1-4,12,18H,5-11H2,(H,19,20). The number of para-hydroxylation sites is 1. The van der Waals surface area contributed by atoms with Crippen molar-refractivity contribution < 1.29 is 4.74 Å². The third-order valence-corrected chi connectivity index (χ3v) is 5.50. The molecular weight excluding hydrogens is 294 g/mol. The highest BCUT2D eigenvalue weighted by molar-refractivity contribution is 7.16. The van der Waals surface area contributed by atoms with Gasteiger partial charge in [-0.15, -0.1) is 11.3 Å². The van der Waals surface area contributed by atoms with Gasteiger partial charge in [-0.25, -0.2) is 4.98 Å².